The molecule has 1 aromatic heterocycles. The molecule has 3 aromatic rings. The molecule has 0 spiro atoms. The van der Waals surface area contributed by atoms with Gasteiger partial charge in [-0.25, -0.2) is 9.37 Å². The normalized spacial score (nSPS) is 10.9. The Balaban J connectivity index is 2.17. The zero-order valence-corrected chi connectivity index (χ0v) is 14.4. The van der Waals surface area contributed by atoms with Gasteiger partial charge in [-0.2, -0.15) is 0 Å². The zero-order chi connectivity index (χ0) is 18.5. The SMILES string of the molecule is NCCN(CCN)C(=O)c1cc(-c2ccccc2)nc2cc(F)ccc12. The molecule has 0 saturated heterocycles. The summed E-state index contributed by atoms with van der Waals surface area (Å²) < 4.78 is 13.7. The van der Waals surface area contributed by atoms with Gasteiger partial charge in [0.2, 0.25) is 0 Å². The minimum Gasteiger partial charge on any atom is -0.336 e. The van der Waals surface area contributed by atoms with Crippen LogP contribution < -0.4 is 11.5 Å². The first-order chi connectivity index (χ1) is 12.6. The van der Waals surface area contributed by atoms with Gasteiger partial charge in [0.1, 0.15) is 5.82 Å². The number of amides is 1. The fraction of sp³-hybridized carbons (Fsp3) is 0.200. The maximum atomic E-state index is 13.7. The molecular formula is C20H21FN4O. The number of nitrogens with two attached hydrogens (primary N) is 2. The maximum absolute atomic E-state index is 13.7. The van der Waals surface area contributed by atoms with Gasteiger partial charge in [0, 0.05) is 43.2 Å². The standard InChI is InChI=1S/C20H21FN4O/c21-15-6-7-16-17(20(26)25(10-8-22)11-9-23)13-18(24-19(16)12-15)14-4-2-1-3-5-14/h1-7,12-13H,8-11,22-23H2. The lowest BCUT2D eigenvalue weighted by atomic mass is 10.0. The van der Waals surface area contributed by atoms with Crippen molar-refractivity contribution in [3.05, 3.63) is 66.0 Å². The quantitative estimate of drug-likeness (QED) is 0.713. The lowest BCUT2D eigenvalue weighted by Gasteiger charge is -2.22. The van der Waals surface area contributed by atoms with Crippen LogP contribution in [0, 0.1) is 5.82 Å². The van der Waals surface area contributed by atoms with Crippen LogP contribution in [0.4, 0.5) is 4.39 Å². The second-order valence-electron chi connectivity index (χ2n) is 5.95. The van der Waals surface area contributed by atoms with Crippen LogP contribution in [0.3, 0.4) is 0 Å². The van der Waals surface area contributed by atoms with Crippen LogP contribution in [-0.4, -0.2) is 42.0 Å². The number of hydrogen-bond acceptors (Lipinski definition) is 4. The van der Waals surface area contributed by atoms with E-state index < -0.39 is 5.82 Å². The number of aromatic nitrogens is 1. The Morgan fingerprint density at radius 3 is 2.35 bits per heavy atom. The van der Waals surface area contributed by atoms with Crippen molar-refractivity contribution >= 4 is 16.8 Å². The van der Waals surface area contributed by atoms with Gasteiger partial charge in [-0.3, -0.25) is 4.79 Å². The molecule has 1 amide bonds. The molecule has 0 radical (unpaired) electrons. The molecule has 1 heterocycles. The summed E-state index contributed by atoms with van der Waals surface area (Å²) in [6.07, 6.45) is 0. The summed E-state index contributed by atoms with van der Waals surface area (Å²) in [6, 6.07) is 15.5. The van der Waals surface area contributed by atoms with Gasteiger partial charge in [0.05, 0.1) is 16.8 Å². The van der Waals surface area contributed by atoms with Crippen molar-refractivity contribution in [2.75, 3.05) is 26.2 Å². The van der Waals surface area contributed by atoms with E-state index >= 15 is 0 Å². The smallest absolute Gasteiger partial charge is 0.254 e. The van der Waals surface area contributed by atoms with Crippen LogP contribution in [0.2, 0.25) is 0 Å². The van der Waals surface area contributed by atoms with E-state index in [0.29, 0.717) is 48.3 Å². The van der Waals surface area contributed by atoms with E-state index in [-0.39, 0.29) is 5.91 Å². The van der Waals surface area contributed by atoms with Gasteiger partial charge in [0.25, 0.3) is 5.91 Å². The minimum absolute atomic E-state index is 0.183. The summed E-state index contributed by atoms with van der Waals surface area (Å²) in [6.45, 7) is 1.49. The van der Waals surface area contributed by atoms with Gasteiger partial charge >= 0.3 is 0 Å². The summed E-state index contributed by atoms with van der Waals surface area (Å²) in [5.41, 5.74) is 13.6. The van der Waals surface area contributed by atoms with Crippen LogP contribution in [0.15, 0.2) is 54.6 Å². The van der Waals surface area contributed by atoms with Gasteiger partial charge in [-0.1, -0.05) is 30.3 Å². The second kappa shape index (κ2) is 8.03. The number of halogens is 1. The Kier molecular flexibility index (Phi) is 5.55. The number of pyridine rings is 1. The largest absolute Gasteiger partial charge is 0.336 e. The van der Waals surface area contributed by atoms with Crippen molar-refractivity contribution in [3.63, 3.8) is 0 Å². The third-order valence-corrected chi connectivity index (χ3v) is 4.16. The van der Waals surface area contributed by atoms with Crippen molar-refractivity contribution in [2.45, 2.75) is 0 Å². The molecule has 5 nitrogen and oxygen atoms in total. The van der Waals surface area contributed by atoms with Gasteiger partial charge in [-0.05, 0) is 18.2 Å². The van der Waals surface area contributed by atoms with E-state index in [0.717, 1.165) is 5.56 Å². The van der Waals surface area contributed by atoms with E-state index in [1.807, 2.05) is 30.3 Å². The number of benzene rings is 2. The molecule has 0 unspecified atom stereocenters. The Morgan fingerprint density at radius 1 is 1.00 bits per heavy atom. The molecular weight excluding hydrogens is 331 g/mol. The number of fused-ring (bicyclic) bond motifs is 1. The second-order valence-corrected chi connectivity index (χ2v) is 5.95. The van der Waals surface area contributed by atoms with Crippen LogP contribution in [0.1, 0.15) is 10.4 Å². The van der Waals surface area contributed by atoms with E-state index in [1.165, 1.54) is 12.1 Å². The molecule has 0 aliphatic rings. The summed E-state index contributed by atoms with van der Waals surface area (Å²) in [4.78, 5) is 19.3. The minimum atomic E-state index is -0.394. The molecule has 0 aliphatic carbocycles. The summed E-state index contributed by atoms with van der Waals surface area (Å²) in [7, 11) is 0. The van der Waals surface area contributed by atoms with E-state index in [2.05, 4.69) is 4.98 Å². The highest BCUT2D eigenvalue weighted by atomic mass is 19.1. The average Bonchev–Trinajstić information content (AvgIpc) is 2.67. The fourth-order valence-electron chi connectivity index (χ4n) is 2.93. The molecule has 0 atom stereocenters. The molecule has 4 N–H and O–H groups in total. The molecule has 0 saturated carbocycles. The molecule has 0 fully saturated rings. The van der Waals surface area contributed by atoms with E-state index in [9.17, 15) is 9.18 Å². The maximum Gasteiger partial charge on any atom is 0.254 e. The fourth-order valence-corrected chi connectivity index (χ4v) is 2.93. The third kappa shape index (κ3) is 3.71. The predicted molar refractivity (Wildman–Crippen MR) is 101 cm³/mol. The summed E-state index contributed by atoms with van der Waals surface area (Å²) >= 11 is 0. The molecule has 2 aromatic carbocycles. The highest BCUT2D eigenvalue weighted by Crippen LogP contribution is 2.26. The predicted octanol–water partition coefficient (Wildman–Crippen LogP) is 2.40. The third-order valence-electron chi connectivity index (χ3n) is 4.16. The Hall–Kier alpha value is -2.83. The molecule has 0 bridgehead atoms. The van der Waals surface area contributed by atoms with E-state index in [1.54, 1.807) is 17.0 Å². The monoisotopic (exact) mass is 352 g/mol. The van der Waals surface area contributed by atoms with Crippen molar-refractivity contribution < 1.29 is 9.18 Å². The van der Waals surface area contributed by atoms with Crippen molar-refractivity contribution in [2.24, 2.45) is 11.5 Å². The number of nitrogens with zero attached hydrogens (tertiary/aromatic N) is 2. The van der Waals surface area contributed by atoms with Crippen LogP contribution in [-0.2, 0) is 0 Å². The Morgan fingerprint density at radius 2 is 1.69 bits per heavy atom. The number of hydrogen-bond donors (Lipinski definition) is 2. The highest BCUT2D eigenvalue weighted by molar-refractivity contribution is 6.07. The van der Waals surface area contributed by atoms with Gasteiger partial charge < -0.3 is 16.4 Å². The number of rotatable bonds is 6. The Bertz CT molecular complexity index is 908. The van der Waals surface area contributed by atoms with Crippen molar-refractivity contribution in [1.29, 1.82) is 0 Å². The summed E-state index contributed by atoms with van der Waals surface area (Å²) in [5, 5.41) is 0.607. The number of carbonyl (C=O) groups excluding carboxylic acids is 1. The van der Waals surface area contributed by atoms with Crippen LogP contribution in [0.25, 0.3) is 22.2 Å². The first-order valence-corrected chi connectivity index (χ1v) is 8.49. The van der Waals surface area contributed by atoms with Crippen LogP contribution >= 0.6 is 0 Å². The lowest BCUT2D eigenvalue weighted by Crippen LogP contribution is -2.38. The molecule has 6 heteroatoms. The van der Waals surface area contributed by atoms with E-state index in [4.69, 9.17) is 11.5 Å². The van der Waals surface area contributed by atoms with Gasteiger partial charge in [-0.15, -0.1) is 0 Å². The molecule has 134 valence electrons. The Labute approximate surface area is 151 Å². The summed E-state index contributed by atoms with van der Waals surface area (Å²) in [5.74, 6) is -0.577. The van der Waals surface area contributed by atoms with Crippen LogP contribution in [0.5, 0.6) is 0 Å². The topological polar surface area (TPSA) is 85.2 Å². The molecule has 0 aliphatic heterocycles. The number of carbonyl (C=O) groups is 1. The highest BCUT2D eigenvalue weighted by Gasteiger charge is 2.19. The molecule has 3 rings (SSSR count). The first-order valence-electron chi connectivity index (χ1n) is 8.49. The van der Waals surface area contributed by atoms with Crippen molar-refractivity contribution in [1.82, 2.24) is 9.88 Å². The average molecular weight is 352 g/mol. The first kappa shape index (κ1) is 18.0. The molecule has 26 heavy (non-hydrogen) atoms. The van der Waals surface area contributed by atoms with Crippen molar-refractivity contribution in [3.8, 4) is 11.3 Å². The zero-order valence-electron chi connectivity index (χ0n) is 14.4. The lowest BCUT2D eigenvalue weighted by molar-refractivity contribution is 0.0767. The van der Waals surface area contributed by atoms with Gasteiger partial charge in [0.15, 0.2) is 0 Å².